The zero-order valence-corrected chi connectivity index (χ0v) is 14.0. The fraction of sp³-hybridized carbons (Fsp3) is 0.316. The zero-order chi connectivity index (χ0) is 16.2. The molecule has 23 heavy (non-hydrogen) atoms. The van der Waals surface area contributed by atoms with Crippen LogP contribution in [-0.2, 0) is 11.3 Å². The van der Waals surface area contributed by atoms with Crippen molar-refractivity contribution in [3.63, 3.8) is 0 Å². The van der Waals surface area contributed by atoms with Crippen molar-refractivity contribution in [1.29, 1.82) is 0 Å². The summed E-state index contributed by atoms with van der Waals surface area (Å²) in [6.45, 7) is 0.689. The molecule has 0 heterocycles. The summed E-state index contributed by atoms with van der Waals surface area (Å²) in [7, 11) is 1.98. The average Bonchev–Trinajstić information content (AvgIpc) is 3.35. The van der Waals surface area contributed by atoms with Crippen LogP contribution < -0.4 is 5.32 Å². The fourth-order valence-corrected chi connectivity index (χ4v) is 2.84. The summed E-state index contributed by atoms with van der Waals surface area (Å²) in [5.74, 6) is 0.0789. The van der Waals surface area contributed by atoms with Crippen molar-refractivity contribution in [3.05, 3.63) is 70.7 Å². The van der Waals surface area contributed by atoms with Crippen LogP contribution in [0.2, 0.25) is 5.02 Å². The summed E-state index contributed by atoms with van der Waals surface area (Å²) in [6.07, 6.45) is 2.18. The normalized spacial score (nSPS) is 15.4. The van der Waals surface area contributed by atoms with E-state index >= 15 is 0 Å². The summed E-state index contributed by atoms with van der Waals surface area (Å²) in [4.78, 5) is 14.8. The molecule has 1 N–H and O–H groups in total. The second-order valence-electron chi connectivity index (χ2n) is 6.14. The highest BCUT2D eigenvalue weighted by atomic mass is 35.5. The van der Waals surface area contributed by atoms with Gasteiger partial charge >= 0.3 is 0 Å². The number of carbonyl (C=O) groups is 1. The van der Waals surface area contributed by atoms with Crippen molar-refractivity contribution in [3.8, 4) is 0 Å². The highest BCUT2D eigenvalue weighted by Gasteiger charge is 2.30. The molecule has 2 aromatic carbocycles. The first kappa shape index (κ1) is 16.0. The Bertz CT molecular complexity index is 653. The van der Waals surface area contributed by atoms with Gasteiger partial charge in [0.2, 0.25) is 5.91 Å². The molecule has 1 amide bonds. The third-order valence-electron chi connectivity index (χ3n) is 4.07. The summed E-state index contributed by atoms with van der Waals surface area (Å²) in [5, 5.41) is 3.85. The third kappa shape index (κ3) is 4.34. The number of nitrogens with zero attached hydrogens (tertiary/aromatic N) is 1. The minimum atomic E-state index is -0.285. The lowest BCUT2D eigenvalue weighted by atomic mass is 10.0. The van der Waals surface area contributed by atoms with Crippen LogP contribution in [0.4, 0.5) is 0 Å². The van der Waals surface area contributed by atoms with Gasteiger partial charge in [0.05, 0.1) is 0 Å². The Hall–Kier alpha value is -1.84. The van der Waals surface area contributed by atoms with E-state index < -0.39 is 0 Å². The van der Waals surface area contributed by atoms with Gasteiger partial charge < -0.3 is 5.32 Å². The number of amides is 1. The van der Waals surface area contributed by atoms with Crippen molar-refractivity contribution in [1.82, 2.24) is 10.2 Å². The molecule has 1 saturated carbocycles. The van der Waals surface area contributed by atoms with E-state index in [2.05, 4.69) is 10.2 Å². The smallest absolute Gasteiger partial charge is 0.242 e. The second kappa shape index (κ2) is 7.16. The Morgan fingerprint density at radius 1 is 1.17 bits per heavy atom. The Morgan fingerprint density at radius 3 is 2.43 bits per heavy atom. The van der Waals surface area contributed by atoms with Gasteiger partial charge in [-0.1, -0.05) is 54.1 Å². The van der Waals surface area contributed by atoms with Crippen LogP contribution in [0.25, 0.3) is 0 Å². The Morgan fingerprint density at radius 2 is 1.83 bits per heavy atom. The van der Waals surface area contributed by atoms with Crippen LogP contribution in [0.3, 0.4) is 0 Å². The van der Waals surface area contributed by atoms with Crippen LogP contribution in [0.15, 0.2) is 54.6 Å². The maximum Gasteiger partial charge on any atom is 0.242 e. The summed E-state index contributed by atoms with van der Waals surface area (Å²) in [5.41, 5.74) is 2.15. The molecular weight excluding hydrogens is 308 g/mol. The van der Waals surface area contributed by atoms with E-state index in [0.717, 1.165) is 29.0 Å². The number of benzene rings is 2. The van der Waals surface area contributed by atoms with E-state index in [4.69, 9.17) is 11.6 Å². The van der Waals surface area contributed by atoms with Gasteiger partial charge in [-0.3, -0.25) is 9.69 Å². The molecule has 3 rings (SSSR count). The highest BCUT2D eigenvalue weighted by Crippen LogP contribution is 2.25. The Kier molecular flexibility index (Phi) is 4.99. The molecule has 0 bridgehead atoms. The van der Waals surface area contributed by atoms with E-state index in [1.165, 1.54) is 0 Å². The molecule has 2 aromatic rings. The first-order valence-corrected chi connectivity index (χ1v) is 8.31. The molecular formula is C19H21ClN2O. The van der Waals surface area contributed by atoms with Gasteiger partial charge in [-0.05, 0) is 43.1 Å². The van der Waals surface area contributed by atoms with Gasteiger partial charge in [-0.25, -0.2) is 0 Å². The molecule has 0 spiro atoms. The van der Waals surface area contributed by atoms with Gasteiger partial charge in [0.1, 0.15) is 6.04 Å². The van der Waals surface area contributed by atoms with Crippen molar-refractivity contribution in [2.75, 3.05) is 7.05 Å². The molecule has 120 valence electrons. The Balaban J connectivity index is 1.78. The van der Waals surface area contributed by atoms with Crippen molar-refractivity contribution < 1.29 is 4.79 Å². The number of nitrogens with one attached hydrogen (secondary N) is 1. The molecule has 4 heteroatoms. The van der Waals surface area contributed by atoms with Crippen LogP contribution in [0, 0.1) is 0 Å². The minimum absolute atomic E-state index is 0.0789. The van der Waals surface area contributed by atoms with E-state index in [9.17, 15) is 4.79 Å². The first-order chi connectivity index (χ1) is 11.1. The van der Waals surface area contributed by atoms with Crippen LogP contribution >= 0.6 is 11.6 Å². The van der Waals surface area contributed by atoms with E-state index in [1.54, 1.807) is 0 Å². The van der Waals surface area contributed by atoms with Gasteiger partial charge in [0.15, 0.2) is 0 Å². The molecule has 3 nitrogen and oxygen atoms in total. The monoisotopic (exact) mass is 328 g/mol. The maximum atomic E-state index is 12.7. The number of hydrogen-bond donors (Lipinski definition) is 1. The lowest BCUT2D eigenvalue weighted by Gasteiger charge is -2.27. The van der Waals surface area contributed by atoms with E-state index in [1.807, 2.05) is 61.6 Å². The topological polar surface area (TPSA) is 32.3 Å². The minimum Gasteiger partial charge on any atom is -0.352 e. The second-order valence-corrected chi connectivity index (χ2v) is 6.57. The molecule has 0 unspecified atom stereocenters. The lowest BCUT2D eigenvalue weighted by molar-refractivity contribution is -0.126. The number of carbonyl (C=O) groups excluding carboxylic acids is 1. The Labute approximate surface area is 142 Å². The van der Waals surface area contributed by atoms with Crippen molar-refractivity contribution in [2.45, 2.75) is 31.5 Å². The molecule has 1 aliphatic carbocycles. The quantitative estimate of drug-likeness (QED) is 0.875. The summed E-state index contributed by atoms with van der Waals surface area (Å²) < 4.78 is 0. The lowest BCUT2D eigenvalue weighted by Crippen LogP contribution is -2.39. The number of hydrogen-bond acceptors (Lipinski definition) is 2. The molecule has 0 radical (unpaired) electrons. The van der Waals surface area contributed by atoms with Crippen LogP contribution in [0.5, 0.6) is 0 Å². The van der Waals surface area contributed by atoms with Crippen LogP contribution in [0.1, 0.15) is 30.0 Å². The largest absolute Gasteiger partial charge is 0.352 e. The first-order valence-electron chi connectivity index (χ1n) is 7.93. The molecule has 0 aromatic heterocycles. The zero-order valence-electron chi connectivity index (χ0n) is 13.2. The van der Waals surface area contributed by atoms with Gasteiger partial charge in [0.25, 0.3) is 0 Å². The number of likely N-dealkylation sites (N-methyl/N-ethyl adjacent to an activating group) is 1. The van der Waals surface area contributed by atoms with Gasteiger partial charge in [-0.2, -0.15) is 0 Å². The maximum absolute atomic E-state index is 12.7. The standard InChI is InChI=1S/C19H21ClN2O/c1-22(13-14-7-9-16(20)10-8-14)18(15-5-3-2-4-6-15)19(23)21-17-11-12-17/h2-10,17-18H,11-13H2,1H3,(H,21,23)/t18-/m0/s1. The van der Waals surface area contributed by atoms with E-state index in [-0.39, 0.29) is 11.9 Å². The van der Waals surface area contributed by atoms with E-state index in [0.29, 0.717) is 12.6 Å². The molecule has 1 atom stereocenters. The number of rotatable bonds is 6. The molecule has 1 fully saturated rings. The summed E-state index contributed by atoms with van der Waals surface area (Å²) in [6, 6.07) is 17.8. The molecule has 1 aliphatic rings. The average molecular weight is 329 g/mol. The molecule has 0 aliphatic heterocycles. The predicted molar refractivity (Wildman–Crippen MR) is 93.3 cm³/mol. The molecule has 0 saturated heterocycles. The SMILES string of the molecule is CN(Cc1ccc(Cl)cc1)[C@H](C(=O)NC1CC1)c1ccccc1. The summed E-state index contributed by atoms with van der Waals surface area (Å²) >= 11 is 5.94. The number of halogens is 1. The van der Waals surface area contributed by atoms with Gasteiger partial charge in [-0.15, -0.1) is 0 Å². The van der Waals surface area contributed by atoms with Crippen molar-refractivity contribution in [2.24, 2.45) is 0 Å². The predicted octanol–water partition coefficient (Wildman–Crippen LogP) is 3.79. The van der Waals surface area contributed by atoms with Crippen molar-refractivity contribution >= 4 is 17.5 Å². The highest BCUT2D eigenvalue weighted by molar-refractivity contribution is 6.30. The third-order valence-corrected chi connectivity index (χ3v) is 4.33. The fourth-order valence-electron chi connectivity index (χ4n) is 2.72. The van der Waals surface area contributed by atoms with Gasteiger partial charge in [0, 0.05) is 17.6 Å². The van der Waals surface area contributed by atoms with Crippen LogP contribution in [-0.4, -0.2) is 23.9 Å².